The molecule has 9 heteroatoms. The number of aryl methyl sites for hydroxylation is 1. The molecule has 0 bridgehead atoms. The van der Waals surface area contributed by atoms with Crippen LogP contribution in [0.3, 0.4) is 0 Å². The fraction of sp³-hybridized carbons (Fsp3) is 0.286. The number of anilines is 1. The fourth-order valence-corrected chi connectivity index (χ4v) is 5.32. The zero-order chi connectivity index (χ0) is 27.0. The maximum atomic E-state index is 14.9. The lowest BCUT2D eigenvalue weighted by atomic mass is 10.1. The maximum Gasteiger partial charge on any atom is 0.264 e. The fourth-order valence-electron chi connectivity index (χ4n) is 3.90. The Hall–Kier alpha value is -3.72. The number of likely N-dealkylation sites (N-methyl/N-ethyl adjacent to an activating group) is 1. The number of nitrogens with zero attached hydrogens (tertiary/aromatic N) is 2. The molecule has 0 fully saturated rings. The summed E-state index contributed by atoms with van der Waals surface area (Å²) in [7, 11) is -4.30. The van der Waals surface area contributed by atoms with Gasteiger partial charge in [0.15, 0.2) is 0 Å². The van der Waals surface area contributed by atoms with E-state index in [1.54, 1.807) is 26.0 Å². The average Bonchev–Trinajstić information content (AvgIpc) is 2.88. The van der Waals surface area contributed by atoms with E-state index in [4.69, 9.17) is 0 Å². The summed E-state index contributed by atoms with van der Waals surface area (Å²) in [5.74, 6) is -1.75. The van der Waals surface area contributed by atoms with Crippen LogP contribution in [0, 0.1) is 12.7 Å². The SMILES string of the molecule is CCNC(=O)C(C)N(CCc1ccccc1)C(=O)CN(c1ccccc1F)S(=O)(=O)c1ccc(C)cc1. The van der Waals surface area contributed by atoms with Gasteiger partial charge in [0.2, 0.25) is 11.8 Å². The first-order valence-corrected chi connectivity index (χ1v) is 13.5. The maximum absolute atomic E-state index is 14.9. The number of benzene rings is 3. The van der Waals surface area contributed by atoms with Crippen LogP contribution in [0.15, 0.2) is 83.8 Å². The van der Waals surface area contributed by atoms with Crippen LogP contribution in [-0.4, -0.2) is 50.8 Å². The molecule has 0 spiro atoms. The first-order valence-electron chi connectivity index (χ1n) is 12.1. The lowest BCUT2D eigenvalue weighted by Crippen LogP contribution is -2.52. The van der Waals surface area contributed by atoms with E-state index in [9.17, 15) is 22.4 Å². The molecule has 37 heavy (non-hydrogen) atoms. The van der Waals surface area contributed by atoms with Crippen LogP contribution in [0.5, 0.6) is 0 Å². The Labute approximate surface area is 218 Å². The first-order chi connectivity index (χ1) is 17.6. The molecule has 2 amide bonds. The lowest BCUT2D eigenvalue weighted by Gasteiger charge is -2.32. The normalized spacial score (nSPS) is 12.0. The van der Waals surface area contributed by atoms with Crippen molar-refractivity contribution in [2.45, 2.75) is 38.1 Å². The van der Waals surface area contributed by atoms with Crippen LogP contribution in [0.25, 0.3) is 0 Å². The van der Waals surface area contributed by atoms with Crippen molar-refractivity contribution in [1.29, 1.82) is 0 Å². The monoisotopic (exact) mass is 525 g/mol. The molecule has 0 saturated carbocycles. The lowest BCUT2D eigenvalue weighted by molar-refractivity contribution is -0.138. The third-order valence-electron chi connectivity index (χ3n) is 6.01. The van der Waals surface area contributed by atoms with E-state index in [-0.39, 0.29) is 23.0 Å². The van der Waals surface area contributed by atoms with Gasteiger partial charge < -0.3 is 10.2 Å². The van der Waals surface area contributed by atoms with Crippen molar-refractivity contribution in [2.24, 2.45) is 0 Å². The van der Waals surface area contributed by atoms with Gasteiger partial charge in [-0.05, 0) is 57.0 Å². The Morgan fingerprint density at radius 3 is 2.19 bits per heavy atom. The molecule has 3 aromatic carbocycles. The number of amides is 2. The number of sulfonamides is 1. The molecule has 0 aliphatic heterocycles. The van der Waals surface area contributed by atoms with E-state index < -0.39 is 34.3 Å². The number of para-hydroxylation sites is 1. The zero-order valence-electron chi connectivity index (χ0n) is 21.2. The highest BCUT2D eigenvalue weighted by atomic mass is 32.2. The van der Waals surface area contributed by atoms with Gasteiger partial charge >= 0.3 is 0 Å². The third kappa shape index (κ3) is 6.95. The second kappa shape index (κ2) is 12.5. The smallest absolute Gasteiger partial charge is 0.264 e. The minimum Gasteiger partial charge on any atom is -0.355 e. The van der Waals surface area contributed by atoms with Gasteiger partial charge in [0, 0.05) is 13.1 Å². The zero-order valence-corrected chi connectivity index (χ0v) is 22.0. The van der Waals surface area contributed by atoms with E-state index in [1.807, 2.05) is 37.3 Å². The van der Waals surface area contributed by atoms with Crippen LogP contribution in [0.1, 0.15) is 25.0 Å². The second-order valence-corrected chi connectivity index (χ2v) is 10.5. The van der Waals surface area contributed by atoms with Crippen LogP contribution < -0.4 is 9.62 Å². The predicted molar refractivity (Wildman–Crippen MR) is 142 cm³/mol. The highest BCUT2D eigenvalue weighted by Gasteiger charge is 2.33. The summed E-state index contributed by atoms with van der Waals surface area (Å²) in [5.41, 5.74) is 1.57. The quantitative estimate of drug-likeness (QED) is 0.411. The Balaban J connectivity index is 1.98. The molecule has 1 N–H and O–H groups in total. The molecule has 0 aromatic heterocycles. The minimum atomic E-state index is -4.30. The molecule has 0 saturated heterocycles. The number of hydrogen-bond donors (Lipinski definition) is 1. The standard InChI is InChI=1S/C28H32FN3O4S/c1-4-30-28(34)22(3)31(19-18-23-10-6-5-7-11-23)27(33)20-32(26-13-9-8-12-25(26)29)37(35,36)24-16-14-21(2)15-17-24/h5-17,22H,4,18-20H2,1-3H3,(H,30,34). The number of hydrogen-bond acceptors (Lipinski definition) is 4. The molecule has 7 nitrogen and oxygen atoms in total. The van der Waals surface area contributed by atoms with Crippen LogP contribution >= 0.6 is 0 Å². The van der Waals surface area contributed by atoms with Gasteiger partial charge in [-0.1, -0.05) is 60.2 Å². The van der Waals surface area contributed by atoms with Crippen LogP contribution in [-0.2, 0) is 26.0 Å². The number of carbonyl (C=O) groups is 2. The molecule has 0 aliphatic carbocycles. The Kier molecular flexibility index (Phi) is 9.41. The molecule has 1 atom stereocenters. The third-order valence-corrected chi connectivity index (χ3v) is 7.79. The number of nitrogens with one attached hydrogen (secondary N) is 1. The van der Waals surface area contributed by atoms with E-state index in [1.165, 1.54) is 35.2 Å². The molecule has 0 aliphatic rings. The minimum absolute atomic E-state index is 0.0678. The molecule has 0 radical (unpaired) electrons. The van der Waals surface area contributed by atoms with Crippen molar-refractivity contribution in [3.63, 3.8) is 0 Å². The van der Waals surface area contributed by atoms with Gasteiger partial charge in [0.1, 0.15) is 18.4 Å². The van der Waals surface area contributed by atoms with Gasteiger partial charge in [-0.15, -0.1) is 0 Å². The summed E-state index contributed by atoms with van der Waals surface area (Å²) in [5, 5.41) is 2.71. The van der Waals surface area contributed by atoms with Gasteiger partial charge in [-0.2, -0.15) is 0 Å². The average molecular weight is 526 g/mol. The topological polar surface area (TPSA) is 86.8 Å². The molecule has 1 unspecified atom stereocenters. The molecule has 3 rings (SSSR count). The van der Waals surface area contributed by atoms with E-state index in [0.717, 1.165) is 21.5 Å². The van der Waals surface area contributed by atoms with E-state index >= 15 is 0 Å². The molecule has 3 aromatic rings. The van der Waals surface area contributed by atoms with Gasteiger partial charge in [-0.3, -0.25) is 13.9 Å². The van der Waals surface area contributed by atoms with Crippen molar-refractivity contribution < 1.29 is 22.4 Å². The van der Waals surface area contributed by atoms with Crippen molar-refractivity contribution in [1.82, 2.24) is 10.2 Å². The van der Waals surface area contributed by atoms with Crippen LogP contribution in [0.2, 0.25) is 0 Å². The summed E-state index contributed by atoms with van der Waals surface area (Å²) in [4.78, 5) is 27.6. The molecule has 0 heterocycles. The largest absolute Gasteiger partial charge is 0.355 e. The summed E-state index contributed by atoms with van der Waals surface area (Å²) in [6.07, 6.45) is 0.459. The number of carbonyl (C=O) groups excluding carboxylic acids is 2. The molecular weight excluding hydrogens is 493 g/mol. The summed E-state index contributed by atoms with van der Waals surface area (Å²) in [6, 6.07) is 20.1. The van der Waals surface area contributed by atoms with Crippen molar-refractivity contribution in [3.05, 3.63) is 95.8 Å². The van der Waals surface area contributed by atoms with Crippen molar-refractivity contribution >= 4 is 27.5 Å². The predicted octanol–water partition coefficient (Wildman–Crippen LogP) is 3.93. The summed E-state index contributed by atoms with van der Waals surface area (Å²) in [6.45, 7) is 5.08. The van der Waals surface area contributed by atoms with E-state index in [0.29, 0.717) is 13.0 Å². The Morgan fingerprint density at radius 2 is 1.57 bits per heavy atom. The van der Waals surface area contributed by atoms with E-state index in [2.05, 4.69) is 5.32 Å². The highest BCUT2D eigenvalue weighted by molar-refractivity contribution is 7.92. The Morgan fingerprint density at radius 1 is 0.946 bits per heavy atom. The van der Waals surface area contributed by atoms with Crippen molar-refractivity contribution in [2.75, 3.05) is 23.9 Å². The van der Waals surface area contributed by atoms with Gasteiger partial charge in [-0.25, -0.2) is 12.8 Å². The first kappa shape index (κ1) is 27.9. The Bertz CT molecular complexity index is 1310. The highest BCUT2D eigenvalue weighted by Crippen LogP contribution is 2.27. The number of halogens is 1. The van der Waals surface area contributed by atoms with Gasteiger partial charge in [0.25, 0.3) is 10.0 Å². The van der Waals surface area contributed by atoms with Crippen LogP contribution in [0.4, 0.5) is 10.1 Å². The van der Waals surface area contributed by atoms with Crippen molar-refractivity contribution in [3.8, 4) is 0 Å². The summed E-state index contributed by atoms with van der Waals surface area (Å²) >= 11 is 0. The summed E-state index contributed by atoms with van der Waals surface area (Å²) < 4.78 is 42.9. The number of rotatable bonds is 11. The molecular formula is C28H32FN3O4S. The van der Waals surface area contributed by atoms with Gasteiger partial charge in [0.05, 0.1) is 10.6 Å². The second-order valence-electron chi connectivity index (χ2n) is 8.67. The molecule has 196 valence electrons.